The summed E-state index contributed by atoms with van der Waals surface area (Å²) in [5.74, 6) is 0. The van der Waals surface area contributed by atoms with Crippen LogP contribution in [0.3, 0.4) is 0 Å². The maximum absolute atomic E-state index is 10.6. The van der Waals surface area contributed by atoms with Crippen LogP contribution in [-0.2, 0) is 4.57 Å². The summed E-state index contributed by atoms with van der Waals surface area (Å²) in [6, 6.07) is 0.207. The van der Waals surface area contributed by atoms with E-state index in [0.29, 0.717) is 13.1 Å². The van der Waals surface area contributed by atoms with Gasteiger partial charge in [-0.05, 0) is 12.8 Å². The van der Waals surface area contributed by atoms with E-state index in [1.165, 1.54) is 0 Å². The molecule has 1 saturated heterocycles. The highest BCUT2D eigenvalue weighted by molar-refractivity contribution is 7.51. The fourth-order valence-electron chi connectivity index (χ4n) is 1.35. The van der Waals surface area contributed by atoms with Crippen LogP contribution in [0.5, 0.6) is 0 Å². The fourth-order valence-corrected chi connectivity index (χ4v) is 2.16. The van der Waals surface area contributed by atoms with Crippen LogP contribution in [0.2, 0.25) is 0 Å². The zero-order chi connectivity index (χ0) is 9.19. The molecule has 12 heavy (non-hydrogen) atoms. The predicted octanol–water partition coefficient (Wildman–Crippen LogP) is -0.455. The Bertz CT molecular complexity index is 185. The molecule has 0 aromatic rings. The second-order valence-electron chi connectivity index (χ2n) is 3.26. The minimum Gasteiger partial charge on any atom is -0.328 e. The van der Waals surface area contributed by atoms with Gasteiger partial charge in [0.05, 0.1) is 0 Å². The summed E-state index contributed by atoms with van der Waals surface area (Å²) in [5.41, 5.74) is 5.64. The van der Waals surface area contributed by atoms with Crippen LogP contribution in [0.15, 0.2) is 0 Å². The number of piperidine rings is 1. The normalized spacial score (nSPS) is 22.9. The number of nitrogens with two attached hydrogens (primary N) is 1. The van der Waals surface area contributed by atoms with Crippen molar-refractivity contribution in [2.24, 2.45) is 5.73 Å². The van der Waals surface area contributed by atoms with E-state index in [1.807, 2.05) is 0 Å². The summed E-state index contributed by atoms with van der Waals surface area (Å²) < 4.78 is 10.6. The van der Waals surface area contributed by atoms with Crippen molar-refractivity contribution < 1.29 is 14.4 Å². The summed E-state index contributed by atoms with van der Waals surface area (Å²) in [4.78, 5) is 19.1. The second kappa shape index (κ2) is 3.85. The molecule has 1 heterocycles. The standard InChI is InChI=1S/C6H15N2O3P/c7-6-1-3-8(4-2-6)5-12(9,10)11/h6H,1-5,7H2,(H2,9,10,11). The lowest BCUT2D eigenvalue weighted by atomic mass is 10.1. The molecular weight excluding hydrogens is 179 g/mol. The predicted molar refractivity (Wildman–Crippen MR) is 45.7 cm³/mol. The molecule has 5 nitrogen and oxygen atoms in total. The first kappa shape index (κ1) is 10.2. The van der Waals surface area contributed by atoms with Crippen molar-refractivity contribution in [2.45, 2.75) is 18.9 Å². The molecule has 0 radical (unpaired) electrons. The Morgan fingerprint density at radius 1 is 1.42 bits per heavy atom. The largest absolute Gasteiger partial charge is 0.339 e. The molecule has 0 aromatic carbocycles. The number of nitrogens with zero attached hydrogens (tertiary/aromatic N) is 1. The number of hydrogen-bond donors (Lipinski definition) is 3. The Labute approximate surface area is 71.7 Å². The molecule has 1 fully saturated rings. The van der Waals surface area contributed by atoms with E-state index in [4.69, 9.17) is 15.5 Å². The third kappa shape index (κ3) is 3.65. The van der Waals surface area contributed by atoms with Crippen LogP contribution in [0, 0.1) is 0 Å². The molecule has 72 valence electrons. The van der Waals surface area contributed by atoms with Gasteiger partial charge in [-0.2, -0.15) is 0 Å². The lowest BCUT2D eigenvalue weighted by molar-refractivity contribution is 0.224. The van der Waals surface area contributed by atoms with Crippen molar-refractivity contribution in [1.29, 1.82) is 0 Å². The van der Waals surface area contributed by atoms with Gasteiger partial charge < -0.3 is 15.5 Å². The number of likely N-dealkylation sites (tertiary alicyclic amines) is 1. The summed E-state index contributed by atoms with van der Waals surface area (Å²) in [5, 5.41) is 0. The molecule has 6 heteroatoms. The number of rotatable bonds is 2. The highest BCUT2D eigenvalue weighted by Gasteiger charge is 2.22. The molecule has 0 atom stereocenters. The minimum absolute atomic E-state index is 0.125. The Morgan fingerprint density at radius 2 is 1.92 bits per heavy atom. The first-order valence-corrected chi connectivity index (χ1v) is 5.79. The maximum Gasteiger partial charge on any atom is 0.339 e. The van der Waals surface area contributed by atoms with E-state index in [-0.39, 0.29) is 12.3 Å². The average Bonchev–Trinajstić information content (AvgIpc) is 1.91. The van der Waals surface area contributed by atoms with Gasteiger partial charge >= 0.3 is 7.60 Å². The van der Waals surface area contributed by atoms with Gasteiger partial charge in [0, 0.05) is 19.1 Å². The van der Waals surface area contributed by atoms with Crippen LogP contribution in [0.4, 0.5) is 0 Å². The molecule has 0 aromatic heterocycles. The van der Waals surface area contributed by atoms with Gasteiger partial charge in [0.25, 0.3) is 0 Å². The molecule has 0 saturated carbocycles. The molecule has 0 amide bonds. The van der Waals surface area contributed by atoms with Gasteiger partial charge in [0.2, 0.25) is 0 Å². The number of hydrogen-bond acceptors (Lipinski definition) is 3. The van der Waals surface area contributed by atoms with Gasteiger partial charge in [-0.3, -0.25) is 9.46 Å². The first-order chi connectivity index (χ1) is 5.47. The van der Waals surface area contributed by atoms with Crippen molar-refractivity contribution in [3.05, 3.63) is 0 Å². The molecule has 1 aliphatic rings. The lowest BCUT2D eigenvalue weighted by Crippen LogP contribution is -2.39. The molecule has 0 aliphatic carbocycles. The third-order valence-corrected chi connectivity index (χ3v) is 2.78. The zero-order valence-corrected chi connectivity index (χ0v) is 7.78. The summed E-state index contributed by atoms with van der Waals surface area (Å²) in [6.45, 7) is 1.40. The SMILES string of the molecule is NC1CCN(CP(=O)(O)O)CC1. The van der Waals surface area contributed by atoms with Crippen molar-refractivity contribution in [2.75, 3.05) is 19.4 Å². The third-order valence-electron chi connectivity index (χ3n) is 2.02. The highest BCUT2D eigenvalue weighted by atomic mass is 31.2. The van der Waals surface area contributed by atoms with Crippen LogP contribution < -0.4 is 5.73 Å². The van der Waals surface area contributed by atoms with Crippen molar-refractivity contribution >= 4 is 7.60 Å². The monoisotopic (exact) mass is 194 g/mol. The minimum atomic E-state index is -3.87. The van der Waals surface area contributed by atoms with Crippen molar-refractivity contribution in [3.8, 4) is 0 Å². The molecule has 0 spiro atoms. The van der Waals surface area contributed by atoms with Gasteiger partial charge in [-0.15, -0.1) is 0 Å². The molecule has 4 N–H and O–H groups in total. The molecular formula is C6H15N2O3P. The smallest absolute Gasteiger partial charge is 0.328 e. The average molecular weight is 194 g/mol. The molecule has 0 unspecified atom stereocenters. The van der Waals surface area contributed by atoms with Gasteiger partial charge in [-0.25, -0.2) is 0 Å². The fraction of sp³-hybridized carbons (Fsp3) is 1.00. The molecule has 1 rings (SSSR count). The Hall–Kier alpha value is 0.0700. The second-order valence-corrected chi connectivity index (χ2v) is 4.87. The Kier molecular flexibility index (Phi) is 3.26. The van der Waals surface area contributed by atoms with E-state index in [9.17, 15) is 4.57 Å². The molecule has 1 aliphatic heterocycles. The van der Waals surface area contributed by atoms with E-state index >= 15 is 0 Å². The molecule has 0 bridgehead atoms. The highest BCUT2D eigenvalue weighted by Crippen LogP contribution is 2.35. The summed E-state index contributed by atoms with van der Waals surface area (Å²) >= 11 is 0. The Balaban J connectivity index is 2.31. The van der Waals surface area contributed by atoms with Crippen molar-refractivity contribution in [3.63, 3.8) is 0 Å². The van der Waals surface area contributed by atoms with E-state index in [2.05, 4.69) is 0 Å². The Morgan fingerprint density at radius 3 is 2.33 bits per heavy atom. The topological polar surface area (TPSA) is 86.8 Å². The summed E-state index contributed by atoms with van der Waals surface area (Å²) in [6.07, 6.45) is 1.54. The van der Waals surface area contributed by atoms with Crippen LogP contribution in [-0.4, -0.2) is 40.1 Å². The van der Waals surface area contributed by atoms with Gasteiger partial charge in [-0.1, -0.05) is 0 Å². The van der Waals surface area contributed by atoms with E-state index in [0.717, 1.165) is 12.8 Å². The van der Waals surface area contributed by atoms with E-state index in [1.54, 1.807) is 4.90 Å². The first-order valence-electron chi connectivity index (χ1n) is 4.00. The summed E-state index contributed by atoms with van der Waals surface area (Å²) in [7, 11) is -3.87. The van der Waals surface area contributed by atoms with Crippen LogP contribution in [0.25, 0.3) is 0 Å². The van der Waals surface area contributed by atoms with Gasteiger partial charge in [0.15, 0.2) is 0 Å². The van der Waals surface area contributed by atoms with Crippen LogP contribution in [0.1, 0.15) is 12.8 Å². The maximum atomic E-state index is 10.6. The van der Waals surface area contributed by atoms with Crippen molar-refractivity contribution in [1.82, 2.24) is 4.90 Å². The van der Waals surface area contributed by atoms with Gasteiger partial charge in [0.1, 0.15) is 6.29 Å². The quantitative estimate of drug-likeness (QED) is 0.518. The lowest BCUT2D eigenvalue weighted by Gasteiger charge is -2.29. The van der Waals surface area contributed by atoms with Crippen LogP contribution >= 0.6 is 7.60 Å². The zero-order valence-electron chi connectivity index (χ0n) is 6.89. The van der Waals surface area contributed by atoms with E-state index < -0.39 is 7.60 Å².